The van der Waals surface area contributed by atoms with Gasteiger partial charge in [-0.1, -0.05) is 48.5 Å². The molecular weight excluding hydrogens is 447 g/mol. The van der Waals surface area contributed by atoms with Crippen molar-refractivity contribution >= 4 is 11.8 Å². The molecule has 6 nitrogen and oxygen atoms in total. The molecule has 0 bridgehead atoms. The number of anilines is 1. The summed E-state index contributed by atoms with van der Waals surface area (Å²) in [6.07, 6.45) is 2.70. The Morgan fingerprint density at radius 3 is 2.44 bits per heavy atom. The van der Waals surface area contributed by atoms with Gasteiger partial charge in [0.2, 0.25) is 5.82 Å². The summed E-state index contributed by atoms with van der Waals surface area (Å²) in [4.78, 5) is 20.7. The van der Waals surface area contributed by atoms with Crippen LogP contribution in [-0.2, 0) is 23.7 Å². The fourth-order valence-corrected chi connectivity index (χ4v) is 4.09. The molecule has 0 spiro atoms. The number of benzene rings is 2. The largest absolute Gasteiger partial charge is 0.481 e. The van der Waals surface area contributed by atoms with Crippen LogP contribution in [0.2, 0.25) is 0 Å². The first kappa shape index (κ1) is 23.5. The van der Waals surface area contributed by atoms with E-state index >= 15 is 4.39 Å². The van der Waals surface area contributed by atoms with Gasteiger partial charge < -0.3 is 14.7 Å². The molecule has 2 heterocycles. The first-order chi connectivity index (χ1) is 16.2. The van der Waals surface area contributed by atoms with Crippen molar-refractivity contribution in [2.24, 2.45) is 0 Å². The van der Waals surface area contributed by atoms with Crippen molar-refractivity contribution in [1.29, 1.82) is 0 Å². The van der Waals surface area contributed by atoms with Gasteiger partial charge in [0.25, 0.3) is 11.8 Å². The summed E-state index contributed by atoms with van der Waals surface area (Å²) >= 11 is 0. The predicted molar refractivity (Wildman–Crippen MR) is 119 cm³/mol. The number of aliphatic carboxylic acids is 1. The van der Waals surface area contributed by atoms with Gasteiger partial charge in [-0.3, -0.25) is 4.79 Å². The van der Waals surface area contributed by atoms with Crippen LogP contribution in [0.4, 0.5) is 19.0 Å². The molecule has 4 rings (SSSR count). The van der Waals surface area contributed by atoms with Crippen molar-refractivity contribution in [3.05, 3.63) is 82.9 Å². The second-order valence-electron chi connectivity index (χ2n) is 8.35. The molecule has 1 fully saturated rings. The molecule has 34 heavy (non-hydrogen) atoms. The van der Waals surface area contributed by atoms with Crippen molar-refractivity contribution in [2.75, 3.05) is 11.4 Å². The smallest absolute Gasteiger partial charge is 0.307 e. The monoisotopic (exact) mass is 471 g/mol. The lowest BCUT2D eigenvalue weighted by Crippen LogP contribution is -2.25. The number of rotatable bonds is 8. The van der Waals surface area contributed by atoms with E-state index in [0.29, 0.717) is 12.1 Å². The van der Waals surface area contributed by atoms with Crippen LogP contribution in [0.15, 0.2) is 54.9 Å². The molecule has 178 valence electrons. The van der Waals surface area contributed by atoms with Gasteiger partial charge >= 0.3 is 5.97 Å². The second kappa shape index (κ2) is 9.70. The van der Waals surface area contributed by atoms with Gasteiger partial charge in [0.1, 0.15) is 12.9 Å². The maximum atomic E-state index is 15.3. The van der Waals surface area contributed by atoms with E-state index < -0.39 is 17.7 Å². The third-order valence-corrected chi connectivity index (χ3v) is 5.82. The number of hydrogen-bond acceptors (Lipinski definition) is 5. The highest BCUT2D eigenvalue weighted by molar-refractivity contribution is 5.70. The van der Waals surface area contributed by atoms with Crippen LogP contribution in [0, 0.1) is 5.82 Å². The predicted octanol–water partition coefficient (Wildman–Crippen LogP) is 5.28. The number of hydrogen-bond donors (Lipinski definition) is 1. The van der Waals surface area contributed by atoms with E-state index in [1.807, 2.05) is 4.90 Å². The van der Waals surface area contributed by atoms with E-state index in [4.69, 9.17) is 9.84 Å². The third-order valence-electron chi connectivity index (χ3n) is 5.82. The van der Waals surface area contributed by atoms with Crippen LogP contribution in [0.5, 0.6) is 5.88 Å². The minimum Gasteiger partial charge on any atom is -0.481 e. The minimum atomic E-state index is -2.92. The standard InChI is InChI=1S/C25H24F3N3O3/c1-25(27,28)19-10-8-18(9-11-19)20-3-2-12-31(20)23-22(26)24(30-15-29-23)34-14-17-6-4-16(5-7-17)13-21(32)33/h4-11,15,20H,2-3,12-14H2,1H3,(H,32,33). The second-order valence-corrected chi connectivity index (χ2v) is 8.35. The zero-order valence-electron chi connectivity index (χ0n) is 18.5. The number of ether oxygens (including phenoxy) is 1. The van der Waals surface area contributed by atoms with Crippen molar-refractivity contribution < 1.29 is 27.8 Å². The highest BCUT2D eigenvalue weighted by Crippen LogP contribution is 2.38. The van der Waals surface area contributed by atoms with E-state index in [1.165, 1.54) is 18.5 Å². The van der Waals surface area contributed by atoms with Gasteiger partial charge in [0.15, 0.2) is 5.82 Å². The first-order valence-corrected chi connectivity index (χ1v) is 10.9. The van der Waals surface area contributed by atoms with Crippen LogP contribution in [-0.4, -0.2) is 27.6 Å². The Morgan fingerprint density at radius 1 is 1.12 bits per heavy atom. The van der Waals surface area contributed by atoms with E-state index in [0.717, 1.165) is 30.9 Å². The molecule has 0 saturated carbocycles. The SMILES string of the molecule is CC(F)(F)c1ccc(C2CCCN2c2ncnc(OCc3ccc(CC(=O)O)cc3)c2F)cc1. The number of carboxylic acids is 1. The Labute approximate surface area is 195 Å². The van der Waals surface area contributed by atoms with Crippen molar-refractivity contribution in [2.45, 2.75) is 44.8 Å². The van der Waals surface area contributed by atoms with E-state index in [1.54, 1.807) is 36.4 Å². The van der Waals surface area contributed by atoms with Crippen LogP contribution in [0.25, 0.3) is 0 Å². The van der Waals surface area contributed by atoms with Crippen LogP contribution >= 0.6 is 0 Å². The summed E-state index contributed by atoms with van der Waals surface area (Å²) in [7, 11) is 0. The van der Waals surface area contributed by atoms with E-state index in [9.17, 15) is 13.6 Å². The number of alkyl halides is 2. The molecule has 1 N–H and O–H groups in total. The van der Waals surface area contributed by atoms with Crippen molar-refractivity contribution in [1.82, 2.24) is 9.97 Å². The quantitative estimate of drug-likeness (QED) is 0.482. The molecule has 3 aromatic rings. The third kappa shape index (κ3) is 5.30. The van der Waals surface area contributed by atoms with E-state index in [2.05, 4.69) is 9.97 Å². The summed E-state index contributed by atoms with van der Waals surface area (Å²) in [5, 5.41) is 8.86. The van der Waals surface area contributed by atoms with E-state index in [-0.39, 0.29) is 36.3 Å². The molecule has 0 radical (unpaired) electrons. The molecular formula is C25H24F3N3O3. The highest BCUT2D eigenvalue weighted by Gasteiger charge is 2.31. The molecule has 1 saturated heterocycles. The van der Waals surface area contributed by atoms with Crippen LogP contribution in [0.3, 0.4) is 0 Å². The maximum absolute atomic E-state index is 15.3. The summed E-state index contributed by atoms with van der Waals surface area (Å²) in [6.45, 7) is 1.47. The number of aromatic nitrogens is 2. The highest BCUT2D eigenvalue weighted by atomic mass is 19.3. The fraction of sp³-hybridized carbons (Fsp3) is 0.320. The summed E-state index contributed by atoms with van der Waals surface area (Å²) in [5.74, 6) is -4.61. The zero-order valence-corrected chi connectivity index (χ0v) is 18.5. The summed E-state index contributed by atoms with van der Waals surface area (Å²) in [6, 6.07) is 12.7. The van der Waals surface area contributed by atoms with Gasteiger partial charge in [-0.2, -0.15) is 9.37 Å². The zero-order chi connectivity index (χ0) is 24.3. The molecule has 1 aliphatic heterocycles. The molecule has 1 unspecified atom stereocenters. The Bertz CT molecular complexity index is 1150. The molecule has 0 amide bonds. The average molecular weight is 471 g/mol. The summed E-state index contributed by atoms with van der Waals surface area (Å²) < 4.78 is 48.0. The number of carboxylic acid groups (broad SMARTS) is 1. The number of nitrogens with zero attached hydrogens (tertiary/aromatic N) is 3. The van der Waals surface area contributed by atoms with Crippen LogP contribution < -0.4 is 9.64 Å². The molecule has 9 heteroatoms. The van der Waals surface area contributed by atoms with Gasteiger partial charge in [0, 0.05) is 19.0 Å². The Balaban J connectivity index is 1.49. The topological polar surface area (TPSA) is 75.5 Å². The lowest BCUT2D eigenvalue weighted by molar-refractivity contribution is -0.136. The lowest BCUT2D eigenvalue weighted by atomic mass is 10.0. The van der Waals surface area contributed by atoms with Crippen LogP contribution in [0.1, 0.15) is 48.1 Å². The maximum Gasteiger partial charge on any atom is 0.307 e. The molecule has 1 aromatic heterocycles. The average Bonchev–Trinajstić information content (AvgIpc) is 3.28. The van der Waals surface area contributed by atoms with Gasteiger partial charge in [-0.15, -0.1) is 0 Å². The molecule has 0 aliphatic carbocycles. The van der Waals surface area contributed by atoms with Gasteiger partial charge in [-0.25, -0.2) is 13.8 Å². The Hall–Kier alpha value is -3.62. The normalized spacial score (nSPS) is 16.0. The number of halogens is 3. The number of carbonyl (C=O) groups is 1. The first-order valence-electron chi connectivity index (χ1n) is 10.9. The lowest BCUT2D eigenvalue weighted by Gasteiger charge is -2.27. The molecule has 2 aromatic carbocycles. The van der Waals surface area contributed by atoms with Gasteiger partial charge in [-0.05, 0) is 29.5 Å². The van der Waals surface area contributed by atoms with Gasteiger partial charge in [0.05, 0.1) is 12.5 Å². The molecule has 1 atom stereocenters. The minimum absolute atomic E-state index is 0.0524. The molecule has 1 aliphatic rings. The fourth-order valence-electron chi connectivity index (χ4n) is 4.09. The van der Waals surface area contributed by atoms with Crippen molar-refractivity contribution in [3.63, 3.8) is 0 Å². The Kier molecular flexibility index (Phi) is 6.72. The summed E-state index contributed by atoms with van der Waals surface area (Å²) in [5.41, 5.74) is 2.14. The Morgan fingerprint density at radius 2 is 1.79 bits per heavy atom. The van der Waals surface area contributed by atoms with Crippen molar-refractivity contribution in [3.8, 4) is 5.88 Å².